The summed E-state index contributed by atoms with van der Waals surface area (Å²) in [7, 11) is 0. The lowest BCUT2D eigenvalue weighted by molar-refractivity contribution is 0.577. The van der Waals surface area contributed by atoms with E-state index in [2.05, 4.69) is 28.7 Å². The number of nitrogens with zero attached hydrogens (tertiary/aromatic N) is 2. The maximum atomic E-state index is 6.10. The molecule has 0 saturated heterocycles. The van der Waals surface area contributed by atoms with Gasteiger partial charge in [-0.25, -0.2) is 4.98 Å². The van der Waals surface area contributed by atoms with Crippen molar-refractivity contribution in [3.8, 4) is 0 Å². The molecule has 0 atom stereocenters. The van der Waals surface area contributed by atoms with Crippen molar-refractivity contribution >= 4 is 17.3 Å². The molecular weight excluding hydrogens is 246 g/mol. The van der Waals surface area contributed by atoms with E-state index >= 15 is 0 Å². The van der Waals surface area contributed by atoms with Crippen molar-refractivity contribution in [2.45, 2.75) is 33.4 Å². The summed E-state index contributed by atoms with van der Waals surface area (Å²) in [5.41, 5.74) is 3.29. The average Bonchev–Trinajstić information content (AvgIpc) is 2.79. The number of rotatable bonds is 4. The van der Waals surface area contributed by atoms with Gasteiger partial charge in [-0.15, -0.1) is 0 Å². The van der Waals surface area contributed by atoms with E-state index in [0.717, 1.165) is 22.8 Å². The SMILES string of the molecule is Cc1ccc(NCc2cncn2C(C)C)cc1Cl. The lowest BCUT2D eigenvalue weighted by Crippen LogP contribution is -2.08. The van der Waals surface area contributed by atoms with E-state index in [1.54, 1.807) is 0 Å². The van der Waals surface area contributed by atoms with Crippen LogP contribution in [0.15, 0.2) is 30.7 Å². The van der Waals surface area contributed by atoms with Crippen LogP contribution >= 0.6 is 11.6 Å². The van der Waals surface area contributed by atoms with Gasteiger partial charge in [0.15, 0.2) is 0 Å². The number of aromatic nitrogens is 2. The van der Waals surface area contributed by atoms with Crippen LogP contribution in [0.1, 0.15) is 31.1 Å². The zero-order valence-corrected chi connectivity index (χ0v) is 11.7. The van der Waals surface area contributed by atoms with Crippen LogP contribution in [-0.4, -0.2) is 9.55 Å². The fraction of sp³-hybridized carbons (Fsp3) is 0.357. The Labute approximate surface area is 113 Å². The highest BCUT2D eigenvalue weighted by Gasteiger charge is 2.05. The minimum absolute atomic E-state index is 0.422. The molecular formula is C14H18ClN3. The van der Waals surface area contributed by atoms with Crippen molar-refractivity contribution in [3.05, 3.63) is 47.0 Å². The second-order valence-electron chi connectivity index (χ2n) is 4.70. The molecule has 2 rings (SSSR count). The molecule has 0 bridgehead atoms. The Morgan fingerprint density at radius 3 is 2.83 bits per heavy atom. The van der Waals surface area contributed by atoms with Crippen LogP contribution in [0.4, 0.5) is 5.69 Å². The minimum atomic E-state index is 0.422. The van der Waals surface area contributed by atoms with E-state index in [-0.39, 0.29) is 0 Å². The molecule has 0 amide bonds. The van der Waals surface area contributed by atoms with Gasteiger partial charge < -0.3 is 9.88 Å². The molecule has 0 fully saturated rings. The summed E-state index contributed by atoms with van der Waals surface area (Å²) >= 11 is 6.10. The number of hydrogen-bond acceptors (Lipinski definition) is 2. The number of hydrogen-bond donors (Lipinski definition) is 1. The van der Waals surface area contributed by atoms with Gasteiger partial charge in [0.25, 0.3) is 0 Å². The second kappa shape index (κ2) is 5.44. The molecule has 0 aliphatic heterocycles. The zero-order chi connectivity index (χ0) is 13.1. The van der Waals surface area contributed by atoms with Crippen LogP contribution in [-0.2, 0) is 6.54 Å². The molecule has 4 heteroatoms. The van der Waals surface area contributed by atoms with Gasteiger partial charge in [-0.3, -0.25) is 0 Å². The van der Waals surface area contributed by atoms with Crippen molar-refractivity contribution < 1.29 is 0 Å². The van der Waals surface area contributed by atoms with Gasteiger partial charge in [0.2, 0.25) is 0 Å². The molecule has 2 aromatic rings. The van der Waals surface area contributed by atoms with Crippen molar-refractivity contribution in [1.82, 2.24) is 9.55 Å². The first kappa shape index (κ1) is 13.0. The third kappa shape index (κ3) is 2.85. The summed E-state index contributed by atoms with van der Waals surface area (Å²) < 4.78 is 2.16. The fourth-order valence-corrected chi connectivity index (χ4v) is 2.01. The molecule has 1 aromatic heterocycles. The quantitative estimate of drug-likeness (QED) is 0.902. The van der Waals surface area contributed by atoms with Crippen LogP contribution in [0, 0.1) is 6.92 Å². The van der Waals surface area contributed by atoms with Gasteiger partial charge in [0.1, 0.15) is 0 Å². The average molecular weight is 264 g/mol. The topological polar surface area (TPSA) is 29.9 Å². The molecule has 1 heterocycles. The first-order valence-electron chi connectivity index (χ1n) is 6.08. The van der Waals surface area contributed by atoms with Crippen LogP contribution in [0.25, 0.3) is 0 Å². The molecule has 0 unspecified atom stereocenters. The van der Waals surface area contributed by atoms with E-state index in [9.17, 15) is 0 Å². The van der Waals surface area contributed by atoms with Crippen molar-refractivity contribution in [1.29, 1.82) is 0 Å². The van der Waals surface area contributed by atoms with E-state index in [4.69, 9.17) is 11.6 Å². The molecule has 3 nitrogen and oxygen atoms in total. The maximum Gasteiger partial charge on any atom is 0.0951 e. The number of aryl methyl sites for hydroxylation is 1. The van der Waals surface area contributed by atoms with Crippen LogP contribution in [0.5, 0.6) is 0 Å². The predicted octanol–water partition coefficient (Wildman–Crippen LogP) is 4.04. The summed E-state index contributed by atoms with van der Waals surface area (Å²) in [4.78, 5) is 4.18. The van der Waals surface area contributed by atoms with Gasteiger partial charge in [0.05, 0.1) is 18.6 Å². The molecule has 0 spiro atoms. The lowest BCUT2D eigenvalue weighted by Gasteiger charge is -2.13. The Morgan fingerprint density at radius 1 is 1.39 bits per heavy atom. The van der Waals surface area contributed by atoms with Crippen LogP contribution in [0.2, 0.25) is 5.02 Å². The largest absolute Gasteiger partial charge is 0.379 e. The predicted molar refractivity (Wildman–Crippen MR) is 76.1 cm³/mol. The monoisotopic (exact) mass is 263 g/mol. The Hall–Kier alpha value is -1.48. The standard InChI is InChI=1S/C14H18ClN3/c1-10(2)18-9-16-7-13(18)8-17-12-5-4-11(3)14(15)6-12/h4-7,9-10,17H,8H2,1-3H3. The van der Waals surface area contributed by atoms with Crippen LogP contribution < -0.4 is 5.32 Å². The first-order chi connectivity index (χ1) is 8.58. The Balaban J connectivity index is 2.07. The summed E-state index contributed by atoms with van der Waals surface area (Å²) in [5, 5.41) is 4.15. The van der Waals surface area contributed by atoms with Gasteiger partial charge in [-0.05, 0) is 38.5 Å². The summed E-state index contributed by atoms with van der Waals surface area (Å²) in [6.45, 7) is 7.04. The lowest BCUT2D eigenvalue weighted by atomic mass is 10.2. The third-order valence-electron chi connectivity index (χ3n) is 2.95. The molecule has 0 aliphatic carbocycles. The van der Waals surface area contributed by atoms with E-state index < -0.39 is 0 Å². The number of halogens is 1. The van der Waals surface area contributed by atoms with Gasteiger partial charge >= 0.3 is 0 Å². The van der Waals surface area contributed by atoms with Gasteiger partial charge in [-0.1, -0.05) is 17.7 Å². The van der Waals surface area contributed by atoms with Crippen LogP contribution in [0.3, 0.4) is 0 Å². The molecule has 18 heavy (non-hydrogen) atoms. The second-order valence-corrected chi connectivity index (χ2v) is 5.11. The molecule has 1 aromatic carbocycles. The Bertz CT molecular complexity index is 532. The third-order valence-corrected chi connectivity index (χ3v) is 3.36. The van der Waals surface area contributed by atoms with Gasteiger partial charge in [-0.2, -0.15) is 0 Å². The summed E-state index contributed by atoms with van der Waals surface area (Å²) in [6, 6.07) is 6.43. The number of benzene rings is 1. The molecule has 1 N–H and O–H groups in total. The highest BCUT2D eigenvalue weighted by Crippen LogP contribution is 2.20. The molecule has 0 aliphatic rings. The highest BCUT2D eigenvalue weighted by atomic mass is 35.5. The summed E-state index contributed by atoms with van der Waals surface area (Å²) in [5.74, 6) is 0. The zero-order valence-electron chi connectivity index (χ0n) is 10.9. The minimum Gasteiger partial charge on any atom is -0.379 e. The summed E-state index contributed by atoms with van der Waals surface area (Å²) in [6.07, 6.45) is 3.76. The molecule has 0 saturated carbocycles. The first-order valence-corrected chi connectivity index (χ1v) is 6.46. The highest BCUT2D eigenvalue weighted by molar-refractivity contribution is 6.31. The van der Waals surface area contributed by atoms with E-state index in [1.807, 2.05) is 37.6 Å². The van der Waals surface area contributed by atoms with Crippen molar-refractivity contribution in [2.75, 3.05) is 5.32 Å². The maximum absolute atomic E-state index is 6.10. The smallest absolute Gasteiger partial charge is 0.0951 e. The molecule has 96 valence electrons. The van der Waals surface area contributed by atoms with Crippen molar-refractivity contribution in [2.24, 2.45) is 0 Å². The number of imidazole rings is 1. The number of nitrogens with one attached hydrogen (secondary N) is 1. The van der Waals surface area contributed by atoms with E-state index in [0.29, 0.717) is 6.04 Å². The number of anilines is 1. The fourth-order valence-electron chi connectivity index (χ4n) is 1.83. The van der Waals surface area contributed by atoms with E-state index in [1.165, 1.54) is 5.69 Å². The van der Waals surface area contributed by atoms with Crippen molar-refractivity contribution in [3.63, 3.8) is 0 Å². The Morgan fingerprint density at radius 2 is 2.17 bits per heavy atom. The van der Waals surface area contributed by atoms with Gasteiger partial charge in [0, 0.05) is 22.9 Å². The molecule has 0 radical (unpaired) electrons. The Kier molecular flexibility index (Phi) is 3.92. The normalized spacial score (nSPS) is 10.9.